The Hall–Kier alpha value is -1.27. The number of nitrogens with one attached hydrogen (secondary N) is 1. The van der Waals surface area contributed by atoms with Crippen molar-refractivity contribution in [1.29, 1.82) is 0 Å². The van der Waals surface area contributed by atoms with E-state index in [2.05, 4.69) is 21.2 Å². The number of carbonyl (C=O) groups excluding carboxylic acids is 1. The smallest absolute Gasteiger partial charge is 0.218 e. The molecule has 0 spiro atoms. The summed E-state index contributed by atoms with van der Waals surface area (Å²) in [6.45, 7) is 3.90. The van der Waals surface area contributed by atoms with Crippen molar-refractivity contribution in [3.8, 4) is 11.5 Å². The lowest BCUT2D eigenvalue weighted by molar-refractivity contribution is -0.118. The van der Waals surface area contributed by atoms with Crippen molar-refractivity contribution in [2.24, 2.45) is 5.73 Å². The summed E-state index contributed by atoms with van der Waals surface area (Å²) in [5, 5.41) is 3.26. The van der Waals surface area contributed by atoms with E-state index in [1.54, 1.807) is 0 Å². The Morgan fingerprint density at radius 2 is 2.20 bits per heavy atom. The van der Waals surface area contributed by atoms with E-state index in [4.69, 9.17) is 15.2 Å². The Balaban J connectivity index is 2.04. The molecule has 1 aliphatic heterocycles. The second kappa shape index (κ2) is 6.95. The third-order valence-electron chi connectivity index (χ3n) is 3.02. The lowest BCUT2D eigenvalue weighted by Crippen LogP contribution is -2.30. The van der Waals surface area contributed by atoms with Crippen molar-refractivity contribution >= 4 is 21.8 Å². The zero-order chi connectivity index (χ0) is 14.5. The van der Waals surface area contributed by atoms with Gasteiger partial charge in [-0.15, -0.1) is 0 Å². The molecule has 0 saturated heterocycles. The highest BCUT2D eigenvalue weighted by atomic mass is 79.9. The highest BCUT2D eigenvalue weighted by molar-refractivity contribution is 9.10. The van der Waals surface area contributed by atoms with Gasteiger partial charge in [-0.1, -0.05) is 0 Å². The van der Waals surface area contributed by atoms with Crippen molar-refractivity contribution in [3.63, 3.8) is 0 Å². The summed E-state index contributed by atoms with van der Waals surface area (Å²) < 4.78 is 12.2. The molecule has 1 amide bonds. The number of halogens is 1. The Labute approximate surface area is 126 Å². The number of benzene rings is 1. The summed E-state index contributed by atoms with van der Waals surface area (Å²) >= 11 is 3.51. The van der Waals surface area contributed by atoms with Gasteiger partial charge in [-0.3, -0.25) is 4.79 Å². The molecule has 6 heteroatoms. The zero-order valence-corrected chi connectivity index (χ0v) is 13.0. The van der Waals surface area contributed by atoms with E-state index in [-0.39, 0.29) is 11.9 Å². The fraction of sp³-hybridized carbons (Fsp3) is 0.500. The first kappa shape index (κ1) is 15.1. The van der Waals surface area contributed by atoms with Crippen LogP contribution in [0.15, 0.2) is 16.6 Å². The molecule has 3 N–H and O–H groups in total. The van der Waals surface area contributed by atoms with Crippen LogP contribution in [0.3, 0.4) is 0 Å². The predicted molar refractivity (Wildman–Crippen MR) is 79.9 cm³/mol. The van der Waals surface area contributed by atoms with Crippen LogP contribution in [0.1, 0.15) is 25.3 Å². The largest absolute Gasteiger partial charge is 0.490 e. The summed E-state index contributed by atoms with van der Waals surface area (Å²) in [7, 11) is 0. The molecule has 0 fully saturated rings. The molecular formula is C14H19BrN2O3. The molecule has 0 aliphatic carbocycles. The van der Waals surface area contributed by atoms with Gasteiger partial charge in [0.1, 0.15) is 0 Å². The number of amides is 1. The molecule has 0 saturated carbocycles. The van der Waals surface area contributed by atoms with Gasteiger partial charge in [0.25, 0.3) is 0 Å². The Bertz CT molecular complexity index is 494. The van der Waals surface area contributed by atoms with Crippen molar-refractivity contribution < 1.29 is 14.3 Å². The van der Waals surface area contributed by atoms with Crippen molar-refractivity contribution in [2.75, 3.05) is 13.2 Å². The van der Waals surface area contributed by atoms with Gasteiger partial charge in [-0.2, -0.15) is 0 Å². The zero-order valence-electron chi connectivity index (χ0n) is 11.4. The van der Waals surface area contributed by atoms with E-state index in [9.17, 15) is 4.79 Å². The van der Waals surface area contributed by atoms with Crippen molar-refractivity contribution in [1.82, 2.24) is 5.32 Å². The normalized spacial score (nSPS) is 15.5. The molecule has 110 valence electrons. The van der Waals surface area contributed by atoms with Crippen LogP contribution in [-0.2, 0) is 11.3 Å². The van der Waals surface area contributed by atoms with Gasteiger partial charge in [0.05, 0.1) is 17.7 Å². The van der Waals surface area contributed by atoms with E-state index >= 15 is 0 Å². The fourth-order valence-corrected chi connectivity index (χ4v) is 2.66. The minimum absolute atomic E-state index is 0.0438. The van der Waals surface area contributed by atoms with E-state index < -0.39 is 0 Å². The lowest BCUT2D eigenvalue weighted by Gasteiger charge is -2.15. The quantitative estimate of drug-likeness (QED) is 0.857. The van der Waals surface area contributed by atoms with Crippen LogP contribution >= 0.6 is 15.9 Å². The van der Waals surface area contributed by atoms with Crippen LogP contribution in [0.4, 0.5) is 0 Å². The lowest BCUT2D eigenvalue weighted by atomic mass is 10.1. The Kier molecular flexibility index (Phi) is 5.25. The maximum atomic E-state index is 10.8. The first-order chi connectivity index (χ1) is 9.56. The summed E-state index contributed by atoms with van der Waals surface area (Å²) in [4.78, 5) is 10.8. The highest BCUT2D eigenvalue weighted by Gasteiger charge is 2.15. The molecule has 0 aromatic heterocycles. The Morgan fingerprint density at radius 1 is 1.45 bits per heavy atom. The number of ether oxygens (including phenoxy) is 2. The first-order valence-electron chi connectivity index (χ1n) is 6.66. The standard InChI is InChI=1S/C14H19BrN2O3/c1-9(5-13(16)18)17-8-10-6-11(15)14-12(7-10)19-3-2-4-20-14/h6-7,9,17H,2-5,8H2,1H3,(H2,16,18). The van der Waals surface area contributed by atoms with Gasteiger partial charge >= 0.3 is 0 Å². The minimum atomic E-state index is -0.301. The molecule has 5 nitrogen and oxygen atoms in total. The SMILES string of the molecule is CC(CC(N)=O)NCc1cc(Br)c2c(c1)OCCCO2. The van der Waals surface area contributed by atoms with E-state index in [1.807, 2.05) is 19.1 Å². The number of fused-ring (bicyclic) bond motifs is 1. The van der Waals surface area contributed by atoms with Crippen LogP contribution < -0.4 is 20.5 Å². The summed E-state index contributed by atoms with van der Waals surface area (Å²) in [6, 6.07) is 4.01. The van der Waals surface area contributed by atoms with E-state index in [0.717, 1.165) is 28.0 Å². The number of primary amides is 1. The van der Waals surface area contributed by atoms with Gasteiger partial charge in [0.2, 0.25) is 5.91 Å². The highest BCUT2D eigenvalue weighted by Crippen LogP contribution is 2.38. The molecule has 1 unspecified atom stereocenters. The maximum Gasteiger partial charge on any atom is 0.218 e. The van der Waals surface area contributed by atoms with Gasteiger partial charge in [-0.25, -0.2) is 0 Å². The van der Waals surface area contributed by atoms with Crippen LogP contribution in [0.2, 0.25) is 0 Å². The molecule has 2 rings (SSSR count). The van der Waals surface area contributed by atoms with E-state index in [0.29, 0.717) is 26.2 Å². The van der Waals surface area contributed by atoms with Crippen LogP contribution in [0, 0.1) is 0 Å². The second-order valence-electron chi connectivity index (χ2n) is 4.91. The number of hydrogen-bond acceptors (Lipinski definition) is 4. The van der Waals surface area contributed by atoms with Crippen LogP contribution in [0.5, 0.6) is 11.5 Å². The molecule has 0 bridgehead atoms. The fourth-order valence-electron chi connectivity index (χ4n) is 2.05. The maximum absolute atomic E-state index is 10.8. The average molecular weight is 343 g/mol. The van der Waals surface area contributed by atoms with Gasteiger partial charge < -0.3 is 20.5 Å². The summed E-state index contributed by atoms with van der Waals surface area (Å²) in [6.07, 6.45) is 1.20. The summed E-state index contributed by atoms with van der Waals surface area (Å²) in [5.41, 5.74) is 6.24. The molecule has 1 aliphatic rings. The molecule has 1 atom stereocenters. The number of carbonyl (C=O) groups is 1. The molecule has 1 heterocycles. The predicted octanol–water partition coefficient (Wildman–Crippen LogP) is 1.96. The second-order valence-corrected chi connectivity index (χ2v) is 5.76. The summed E-state index contributed by atoms with van der Waals surface area (Å²) in [5.74, 6) is 1.22. The molecule has 1 aromatic rings. The monoisotopic (exact) mass is 342 g/mol. The van der Waals surface area contributed by atoms with Crippen LogP contribution in [-0.4, -0.2) is 25.2 Å². The number of rotatable bonds is 5. The van der Waals surface area contributed by atoms with Crippen LogP contribution in [0.25, 0.3) is 0 Å². The van der Waals surface area contributed by atoms with Crippen molar-refractivity contribution in [3.05, 3.63) is 22.2 Å². The molecule has 20 heavy (non-hydrogen) atoms. The minimum Gasteiger partial charge on any atom is -0.490 e. The molecule has 0 radical (unpaired) electrons. The average Bonchev–Trinajstić information content (AvgIpc) is 2.61. The Morgan fingerprint density at radius 3 is 2.95 bits per heavy atom. The number of hydrogen-bond donors (Lipinski definition) is 2. The van der Waals surface area contributed by atoms with Gasteiger partial charge in [0.15, 0.2) is 11.5 Å². The van der Waals surface area contributed by atoms with Crippen molar-refractivity contribution in [2.45, 2.75) is 32.4 Å². The first-order valence-corrected chi connectivity index (χ1v) is 7.45. The molecular weight excluding hydrogens is 324 g/mol. The van der Waals surface area contributed by atoms with Gasteiger partial charge in [-0.05, 0) is 40.5 Å². The third kappa shape index (κ3) is 4.11. The third-order valence-corrected chi connectivity index (χ3v) is 3.61. The topological polar surface area (TPSA) is 73.6 Å². The molecule has 1 aromatic carbocycles. The number of nitrogens with two attached hydrogens (primary N) is 1. The van der Waals surface area contributed by atoms with E-state index in [1.165, 1.54) is 0 Å². The van der Waals surface area contributed by atoms with Gasteiger partial charge in [0, 0.05) is 25.4 Å².